The zero-order valence-electron chi connectivity index (χ0n) is 27.1. The lowest BCUT2D eigenvalue weighted by Gasteiger charge is -2.40. The number of amides is 1. The lowest BCUT2D eigenvalue weighted by atomic mass is 9.84. The number of hydrogen-bond donors (Lipinski definition) is 1. The number of pyridine rings is 1. The first-order chi connectivity index (χ1) is 22.1. The van der Waals surface area contributed by atoms with Crippen molar-refractivity contribution in [2.45, 2.75) is 96.1 Å². The average Bonchev–Trinajstić information content (AvgIpc) is 3.56. The summed E-state index contributed by atoms with van der Waals surface area (Å²) < 4.78 is 11.5. The van der Waals surface area contributed by atoms with Crippen molar-refractivity contribution in [3.63, 3.8) is 0 Å². The number of aromatic nitrogens is 1. The standard InChI is InChI=1S/C38H50N4O3/c1-27(28-12-5-2-6-13-28)39-38(43)36-31(16-11-19-41-22-17-30(18-23-41)42-20-9-4-10-21-42)37(29-14-7-3-8-15-29)40-33-25-35-34(24-32(33)36)44-26-45-35/h3,7-8,14-15,24-25,27-28,30H,2,4-6,9-13,16-23,26H2,1H3,(H,39,43)/t27-/m0/s1. The minimum absolute atomic E-state index is 0.00821. The fourth-order valence-corrected chi connectivity index (χ4v) is 8.33. The van der Waals surface area contributed by atoms with Gasteiger partial charge in [0.05, 0.1) is 16.8 Å². The van der Waals surface area contributed by atoms with Crippen molar-refractivity contribution >= 4 is 16.8 Å². The first kappa shape index (κ1) is 30.5. The van der Waals surface area contributed by atoms with Gasteiger partial charge in [0.1, 0.15) is 0 Å². The maximum atomic E-state index is 14.4. The van der Waals surface area contributed by atoms with Crippen molar-refractivity contribution in [2.24, 2.45) is 5.92 Å². The van der Waals surface area contributed by atoms with Gasteiger partial charge in [0.2, 0.25) is 6.79 Å². The van der Waals surface area contributed by atoms with Gasteiger partial charge in [0.15, 0.2) is 11.5 Å². The summed E-state index contributed by atoms with van der Waals surface area (Å²) in [6, 6.07) is 15.2. The number of piperidine rings is 2. The van der Waals surface area contributed by atoms with Crippen LogP contribution in [0.15, 0.2) is 42.5 Å². The topological polar surface area (TPSA) is 66.9 Å². The van der Waals surface area contributed by atoms with E-state index in [1.165, 1.54) is 90.4 Å². The predicted octanol–water partition coefficient (Wildman–Crippen LogP) is 7.21. The van der Waals surface area contributed by atoms with Crippen LogP contribution in [0.1, 0.15) is 93.5 Å². The summed E-state index contributed by atoms with van der Waals surface area (Å²) in [6.45, 7) is 8.32. The van der Waals surface area contributed by atoms with Gasteiger partial charge in [0.25, 0.3) is 5.91 Å². The Morgan fingerprint density at radius 3 is 2.38 bits per heavy atom. The van der Waals surface area contributed by atoms with E-state index in [4.69, 9.17) is 14.5 Å². The summed E-state index contributed by atoms with van der Waals surface area (Å²) in [7, 11) is 0. The Bertz CT molecular complexity index is 1460. The van der Waals surface area contributed by atoms with E-state index < -0.39 is 0 Å². The van der Waals surface area contributed by atoms with E-state index in [0.29, 0.717) is 17.4 Å². The maximum absolute atomic E-state index is 14.4. The number of carbonyl (C=O) groups is 1. The van der Waals surface area contributed by atoms with Crippen LogP contribution in [0.3, 0.4) is 0 Å². The SMILES string of the molecule is C[C@H](NC(=O)c1c(CCCN2CCC(N3CCCCC3)CC2)c(-c2ccccc2)nc2cc3c(cc12)OCO3)C1CCCCC1. The van der Waals surface area contributed by atoms with Crippen molar-refractivity contribution in [3.05, 3.63) is 53.6 Å². The highest BCUT2D eigenvalue weighted by molar-refractivity contribution is 6.09. The molecule has 0 radical (unpaired) electrons. The molecule has 3 aromatic rings. The molecule has 4 heterocycles. The lowest BCUT2D eigenvalue weighted by molar-refractivity contribution is 0.0913. The van der Waals surface area contributed by atoms with E-state index in [-0.39, 0.29) is 18.7 Å². The molecule has 0 spiro atoms. The van der Waals surface area contributed by atoms with Crippen LogP contribution in [0.5, 0.6) is 11.5 Å². The molecule has 1 aromatic heterocycles. The van der Waals surface area contributed by atoms with Crippen LogP contribution in [0.4, 0.5) is 0 Å². The summed E-state index contributed by atoms with van der Waals surface area (Å²) in [4.78, 5) is 25.1. The van der Waals surface area contributed by atoms with Crippen LogP contribution < -0.4 is 14.8 Å². The maximum Gasteiger partial charge on any atom is 0.252 e. The second-order valence-corrected chi connectivity index (χ2v) is 13.8. The molecule has 2 aromatic carbocycles. The molecule has 1 atom stereocenters. The van der Waals surface area contributed by atoms with Crippen molar-refractivity contribution in [2.75, 3.05) is 39.5 Å². The average molecular weight is 611 g/mol. The Labute approximate surface area is 268 Å². The van der Waals surface area contributed by atoms with Gasteiger partial charge in [-0.15, -0.1) is 0 Å². The zero-order chi connectivity index (χ0) is 30.6. The second kappa shape index (κ2) is 14.1. The van der Waals surface area contributed by atoms with Gasteiger partial charge in [-0.1, -0.05) is 56.0 Å². The van der Waals surface area contributed by atoms with Gasteiger partial charge in [-0.05, 0) is 109 Å². The number of nitrogens with zero attached hydrogens (tertiary/aromatic N) is 3. The fraction of sp³-hybridized carbons (Fsp3) is 0.579. The minimum Gasteiger partial charge on any atom is -0.454 e. The van der Waals surface area contributed by atoms with E-state index in [2.05, 4.69) is 46.3 Å². The van der Waals surface area contributed by atoms with Crippen LogP contribution in [0.25, 0.3) is 22.2 Å². The Balaban J connectivity index is 1.17. The van der Waals surface area contributed by atoms with E-state index in [1.807, 2.05) is 18.2 Å². The number of fused-ring (bicyclic) bond motifs is 2. The fourth-order valence-electron chi connectivity index (χ4n) is 8.33. The predicted molar refractivity (Wildman–Crippen MR) is 180 cm³/mol. The molecule has 45 heavy (non-hydrogen) atoms. The summed E-state index contributed by atoms with van der Waals surface area (Å²) in [5, 5.41) is 4.32. The number of rotatable bonds is 9. The second-order valence-electron chi connectivity index (χ2n) is 13.8. The molecule has 7 nitrogen and oxygen atoms in total. The van der Waals surface area contributed by atoms with Crippen molar-refractivity contribution < 1.29 is 14.3 Å². The highest BCUT2D eigenvalue weighted by Crippen LogP contribution is 2.40. The highest BCUT2D eigenvalue weighted by Gasteiger charge is 2.29. The quantitative estimate of drug-likeness (QED) is 0.276. The molecular weight excluding hydrogens is 560 g/mol. The van der Waals surface area contributed by atoms with Gasteiger partial charge in [-0.25, -0.2) is 4.98 Å². The van der Waals surface area contributed by atoms with Crippen LogP contribution in [0.2, 0.25) is 0 Å². The number of ether oxygens (including phenoxy) is 2. The van der Waals surface area contributed by atoms with E-state index >= 15 is 0 Å². The number of benzene rings is 2. The van der Waals surface area contributed by atoms with Crippen LogP contribution in [-0.4, -0.2) is 72.3 Å². The van der Waals surface area contributed by atoms with Crippen LogP contribution in [0, 0.1) is 5.92 Å². The van der Waals surface area contributed by atoms with E-state index in [0.717, 1.165) is 58.7 Å². The largest absolute Gasteiger partial charge is 0.454 e. The first-order valence-electron chi connectivity index (χ1n) is 17.7. The summed E-state index contributed by atoms with van der Waals surface area (Å²) >= 11 is 0. The monoisotopic (exact) mass is 610 g/mol. The molecule has 240 valence electrons. The molecule has 4 aliphatic rings. The van der Waals surface area contributed by atoms with Crippen molar-refractivity contribution in [1.29, 1.82) is 0 Å². The molecule has 0 unspecified atom stereocenters. The minimum atomic E-state index is 0.00821. The molecule has 3 fully saturated rings. The van der Waals surface area contributed by atoms with Gasteiger partial charge >= 0.3 is 0 Å². The molecule has 7 rings (SSSR count). The van der Waals surface area contributed by atoms with Gasteiger partial charge < -0.3 is 24.6 Å². The third-order valence-corrected chi connectivity index (χ3v) is 10.9. The Morgan fingerprint density at radius 2 is 1.62 bits per heavy atom. The van der Waals surface area contributed by atoms with Crippen LogP contribution in [-0.2, 0) is 6.42 Å². The first-order valence-corrected chi connectivity index (χ1v) is 17.7. The van der Waals surface area contributed by atoms with Crippen molar-refractivity contribution in [3.8, 4) is 22.8 Å². The highest BCUT2D eigenvalue weighted by atomic mass is 16.7. The molecule has 1 aliphatic carbocycles. The van der Waals surface area contributed by atoms with Gasteiger partial charge in [-0.3, -0.25) is 4.79 Å². The zero-order valence-corrected chi connectivity index (χ0v) is 27.1. The van der Waals surface area contributed by atoms with Gasteiger partial charge in [-0.2, -0.15) is 0 Å². The number of likely N-dealkylation sites (tertiary alicyclic amines) is 2. The Morgan fingerprint density at radius 1 is 0.911 bits per heavy atom. The summed E-state index contributed by atoms with van der Waals surface area (Å²) in [5.41, 5.74) is 4.52. The number of hydrogen-bond acceptors (Lipinski definition) is 6. The van der Waals surface area contributed by atoms with Crippen molar-refractivity contribution in [1.82, 2.24) is 20.1 Å². The van der Waals surface area contributed by atoms with Crippen LogP contribution >= 0.6 is 0 Å². The Hall–Kier alpha value is -3.16. The number of nitrogens with one attached hydrogen (secondary N) is 1. The third kappa shape index (κ3) is 6.85. The molecule has 2 saturated heterocycles. The number of carbonyl (C=O) groups excluding carboxylic acids is 1. The van der Waals surface area contributed by atoms with Gasteiger partial charge in [0, 0.05) is 29.1 Å². The van der Waals surface area contributed by atoms with E-state index in [1.54, 1.807) is 0 Å². The third-order valence-electron chi connectivity index (χ3n) is 10.9. The molecule has 1 N–H and O–H groups in total. The smallest absolute Gasteiger partial charge is 0.252 e. The molecule has 0 bridgehead atoms. The van der Waals surface area contributed by atoms with E-state index in [9.17, 15) is 4.79 Å². The Kier molecular flexibility index (Phi) is 9.54. The summed E-state index contributed by atoms with van der Waals surface area (Å²) in [5.74, 6) is 1.92. The lowest BCUT2D eigenvalue weighted by Crippen LogP contribution is -2.46. The normalized spacial score (nSPS) is 20.8. The molecule has 1 amide bonds. The summed E-state index contributed by atoms with van der Waals surface area (Å²) in [6.07, 6.45) is 14.6. The molecule has 3 aliphatic heterocycles. The molecular formula is C38H50N4O3. The molecule has 7 heteroatoms. The molecule has 1 saturated carbocycles.